The SMILES string of the molecule is CC(=O)N1C[C@H]2CC(COC(=O)Nc3ccc(O)cc3)=C(C(=O)O)N3C(=O)[C@@H]1[C@@H]23. The van der Waals surface area contributed by atoms with E-state index in [9.17, 15) is 29.4 Å². The molecule has 3 aliphatic heterocycles. The number of aromatic hydroxyl groups is 1. The number of nitrogens with one attached hydrogen (secondary N) is 1. The monoisotopic (exact) mass is 401 g/mol. The lowest BCUT2D eigenvalue weighted by Crippen LogP contribution is -2.69. The fourth-order valence-corrected chi connectivity index (χ4v) is 4.34. The van der Waals surface area contributed by atoms with Crippen molar-refractivity contribution >= 4 is 29.6 Å². The first-order valence-corrected chi connectivity index (χ1v) is 9.06. The van der Waals surface area contributed by atoms with Gasteiger partial charge in [-0.25, -0.2) is 9.59 Å². The molecule has 2 saturated heterocycles. The maximum atomic E-state index is 12.5. The minimum absolute atomic E-state index is 0.0469. The van der Waals surface area contributed by atoms with E-state index >= 15 is 0 Å². The third-order valence-corrected chi connectivity index (χ3v) is 5.54. The summed E-state index contributed by atoms with van der Waals surface area (Å²) in [6.07, 6.45) is -0.470. The molecule has 29 heavy (non-hydrogen) atoms. The van der Waals surface area contributed by atoms with Crippen LogP contribution in [0.4, 0.5) is 10.5 Å². The molecule has 0 bridgehead atoms. The third kappa shape index (κ3) is 3.06. The van der Waals surface area contributed by atoms with Crippen LogP contribution < -0.4 is 5.32 Å². The lowest BCUT2D eigenvalue weighted by molar-refractivity contribution is -0.159. The molecule has 4 rings (SSSR count). The first-order chi connectivity index (χ1) is 13.8. The van der Waals surface area contributed by atoms with Crippen molar-refractivity contribution in [1.82, 2.24) is 9.80 Å². The number of amides is 3. The molecule has 2 fully saturated rings. The number of hydrogen-bond donors (Lipinski definition) is 3. The van der Waals surface area contributed by atoms with Crippen molar-refractivity contribution in [1.29, 1.82) is 0 Å². The summed E-state index contributed by atoms with van der Waals surface area (Å²) in [4.78, 5) is 50.9. The van der Waals surface area contributed by atoms with Gasteiger partial charge in [-0.1, -0.05) is 0 Å². The molecule has 0 unspecified atom stereocenters. The number of anilines is 1. The van der Waals surface area contributed by atoms with Crippen LogP contribution in [0.1, 0.15) is 13.3 Å². The minimum atomic E-state index is -1.27. The van der Waals surface area contributed by atoms with Gasteiger partial charge in [-0.15, -0.1) is 0 Å². The summed E-state index contributed by atoms with van der Waals surface area (Å²) in [5, 5.41) is 21.4. The molecule has 3 amide bonds. The molecule has 3 heterocycles. The van der Waals surface area contributed by atoms with E-state index in [1.54, 1.807) is 0 Å². The summed E-state index contributed by atoms with van der Waals surface area (Å²) in [7, 11) is 0. The number of carbonyl (C=O) groups is 4. The number of carbonyl (C=O) groups excluding carboxylic acids is 3. The fraction of sp³-hybridized carbons (Fsp3) is 0.368. The molecule has 0 radical (unpaired) electrons. The van der Waals surface area contributed by atoms with Gasteiger partial charge < -0.3 is 19.8 Å². The number of hydrogen-bond acceptors (Lipinski definition) is 6. The Bertz CT molecular complexity index is 940. The summed E-state index contributed by atoms with van der Waals surface area (Å²) >= 11 is 0. The zero-order valence-electron chi connectivity index (χ0n) is 15.5. The van der Waals surface area contributed by atoms with E-state index < -0.39 is 24.0 Å². The molecule has 0 aromatic heterocycles. The third-order valence-electron chi connectivity index (χ3n) is 5.54. The van der Waals surface area contributed by atoms with E-state index in [1.165, 1.54) is 41.0 Å². The lowest BCUT2D eigenvalue weighted by atomic mass is 9.79. The number of phenolic OH excluding ortho intramolecular Hbond substituents is 1. The molecule has 3 aliphatic rings. The molecule has 0 aliphatic carbocycles. The second kappa shape index (κ2) is 6.80. The summed E-state index contributed by atoms with van der Waals surface area (Å²) in [6, 6.07) is 4.82. The molecule has 3 atom stereocenters. The molecule has 10 heteroatoms. The van der Waals surface area contributed by atoms with Crippen molar-refractivity contribution in [2.45, 2.75) is 25.4 Å². The maximum Gasteiger partial charge on any atom is 0.411 e. The van der Waals surface area contributed by atoms with Crippen LogP contribution in [0.15, 0.2) is 35.5 Å². The Morgan fingerprint density at radius 2 is 1.93 bits per heavy atom. The first kappa shape index (κ1) is 18.8. The van der Waals surface area contributed by atoms with Gasteiger partial charge in [0.1, 0.15) is 24.1 Å². The highest BCUT2D eigenvalue weighted by atomic mass is 16.5. The van der Waals surface area contributed by atoms with E-state index in [1.807, 2.05) is 0 Å². The summed E-state index contributed by atoms with van der Waals surface area (Å²) in [5.41, 5.74) is 0.560. The smallest absolute Gasteiger partial charge is 0.411 e. The maximum absolute atomic E-state index is 12.5. The average molecular weight is 401 g/mol. The van der Waals surface area contributed by atoms with Gasteiger partial charge in [0.2, 0.25) is 5.91 Å². The molecule has 3 N–H and O–H groups in total. The predicted molar refractivity (Wildman–Crippen MR) is 97.7 cm³/mol. The predicted octanol–water partition coefficient (Wildman–Crippen LogP) is 0.741. The largest absolute Gasteiger partial charge is 0.508 e. The lowest BCUT2D eigenvalue weighted by Gasteiger charge is -2.49. The summed E-state index contributed by atoms with van der Waals surface area (Å²) in [5.74, 6) is -1.96. The van der Waals surface area contributed by atoms with Crippen molar-refractivity contribution in [2.24, 2.45) is 5.92 Å². The molecule has 10 nitrogen and oxygen atoms in total. The van der Waals surface area contributed by atoms with E-state index in [0.717, 1.165) is 0 Å². The molecular formula is C19H19N3O7. The van der Waals surface area contributed by atoms with Crippen LogP contribution in [-0.2, 0) is 19.1 Å². The van der Waals surface area contributed by atoms with Gasteiger partial charge >= 0.3 is 12.1 Å². The Morgan fingerprint density at radius 3 is 2.55 bits per heavy atom. The zero-order valence-corrected chi connectivity index (χ0v) is 15.5. The highest BCUT2D eigenvalue weighted by Gasteiger charge is 2.63. The number of nitrogens with zero attached hydrogens (tertiary/aromatic N) is 2. The Hall–Kier alpha value is -3.56. The van der Waals surface area contributed by atoms with Crippen LogP contribution in [0, 0.1) is 5.92 Å². The first-order valence-electron chi connectivity index (χ1n) is 9.06. The molecule has 1 aromatic rings. The number of β-lactam (4-membered cyclic amide) rings is 1. The molecular weight excluding hydrogens is 382 g/mol. The van der Waals surface area contributed by atoms with Gasteiger partial charge in [-0.2, -0.15) is 0 Å². The Labute approximate surface area is 165 Å². The molecule has 1 aromatic carbocycles. The van der Waals surface area contributed by atoms with Crippen LogP contribution in [0.25, 0.3) is 0 Å². The fourth-order valence-electron chi connectivity index (χ4n) is 4.34. The van der Waals surface area contributed by atoms with Gasteiger partial charge in [0, 0.05) is 25.1 Å². The molecule has 0 saturated carbocycles. The Kier molecular flexibility index (Phi) is 4.40. The van der Waals surface area contributed by atoms with E-state index in [0.29, 0.717) is 24.2 Å². The van der Waals surface area contributed by atoms with Crippen molar-refractivity contribution in [3.8, 4) is 5.75 Å². The van der Waals surface area contributed by atoms with E-state index in [-0.39, 0.29) is 35.9 Å². The quantitative estimate of drug-likeness (QED) is 0.500. The zero-order chi connectivity index (χ0) is 20.9. The van der Waals surface area contributed by atoms with Gasteiger partial charge in [0.05, 0.1) is 6.04 Å². The van der Waals surface area contributed by atoms with Crippen molar-refractivity contribution in [3.63, 3.8) is 0 Å². The van der Waals surface area contributed by atoms with Crippen molar-refractivity contribution in [2.75, 3.05) is 18.5 Å². The highest BCUT2D eigenvalue weighted by Crippen LogP contribution is 2.47. The van der Waals surface area contributed by atoms with Gasteiger partial charge in [0.25, 0.3) is 5.91 Å². The number of ether oxygens (including phenoxy) is 1. The summed E-state index contributed by atoms with van der Waals surface area (Å²) < 4.78 is 5.17. The van der Waals surface area contributed by atoms with Crippen LogP contribution in [0.2, 0.25) is 0 Å². The van der Waals surface area contributed by atoms with Crippen molar-refractivity contribution in [3.05, 3.63) is 35.5 Å². The number of carboxylic acids is 1. The number of aliphatic carboxylic acids is 1. The number of rotatable bonds is 4. The summed E-state index contributed by atoms with van der Waals surface area (Å²) in [6.45, 7) is 1.46. The molecule has 0 spiro atoms. The van der Waals surface area contributed by atoms with Crippen LogP contribution in [0.5, 0.6) is 5.75 Å². The van der Waals surface area contributed by atoms with Crippen molar-refractivity contribution < 1.29 is 34.1 Å². The highest BCUT2D eigenvalue weighted by molar-refractivity contribution is 6.02. The average Bonchev–Trinajstić information content (AvgIpc) is 3.04. The second-order valence-electron chi connectivity index (χ2n) is 7.28. The van der Waals surface area contributed by atoms with Gasteiger partial charge in [-0.05, 0) is 36.3 Å². The normalized spacial score (nSPS) is 24.7. The van der Waals surface area contributed by atoms with E-state index in [4.69, 9.17) is 4.74 Å². The van der Waals surface area contributed by atoms with E-state index in [2.05, 4.69) is 5.32 Å². The standard InChI is InChI=1S/C19H19N3O7/c1-9(23)21-7-10-6-11(15(18(26)27)22-14(10)16(21)17(22)25)8-29-19(28)20-12-2-4-13(24)5-3-12/h2-5,10,14,16,24H,6-8H2,1H3,(H,20,28)(H,26,27)/t10-,14-,16+/m1/s1. The number of carboxylic acid groups (broad SMARTS) is 1. The number of benzene rings is 1. The second-order valence-corrected chi connectivity index (χ2v) is 7.28. The molecule has 152 valence electrons. The van der Waals surface area contributed by atoms with Crippen LogP contribution in [-0.4, -0.2) is 69.1 Å². The van der Waals surface area contributed by atoms with Crippen LogP contribution in [0.3, 0.4) is 0 Å². The minimum Gasteiger partial charge on any atom is -0.508 e. The van der Waals surface area contributed by atoms with Gasteiger partial charge in [-0.3, -0.25) is 19.8 Å². The number of phenols is 1. The van der Waals surface area contributed by atoms with Gasteiger partial charge in [0.15, 0.2) is 0 Å². The van der Waals surface area contributed by atoms with Crippen LogP contribution >= 0.6 is 0 Å². The number of likely N-dealkylation sites (tertiary alicyclic amines) is 1. The topological polar surface area (TPSA) is 136 Å². The Balaban J connectivity index is 1.49. The Morgan fingerprint density at radius 1 is 1.24 bits per heavy atom.